The SMILES string of the molecule is Cc1cn2cc(B(O)O)cc(F)c2n1. The van der Waals surface area contributed by atoms with Crippen molar-refractivity contribution in [3.63, 3.8) is 0 Å². The van der Waals surface area contributed by atoms with Gasteiger partial charge in [0.1, 0.15) is 0 Å². The first kappa shape index (κ1) is 9.17. The summed E-state index contributed by atoms with van der Waals surface area (Å²) in [5.74, 6) is -0.566. The van der Waals surface area contributed by atoms with Crippen LogP contribution in [-0.2, 0) is 0 Å². The van der Waals surface area contributed by atoms with Gasteiger partial charge in [0.05, 0.1) is 5.69 Å². The molecule has 2 aromatic heterocycles. The van der Waals surface area contributed by atoms with E-state index in [1.54, 1.807) is 13.1 Å². The largest absolute Gasteiger partial charge is 0.490 e. The molecule has 0 unspecified atom stereocenters. The number of pyridine rings is 1. The zero-order chi connectivity index (χ0) is 10.3. The predicted octanol–water partition coefficient (Wildman–Crippen LogP) is -0.538. The highest BCUT2D eigenvalue weighted by Crippen LogP contribution is 2.07. The molecule has 2 heterocycles. The summed E-state index contributed by atoms with van der Waals surface area (Å²) >= 11 is 0. The van der Waals surface area contributed by atoms with Crippen molar-refractivity contribution in [3.05, 3.63) is 30.0 Å². The fourth-order valence-electron chi connectivity index (χ4n) is 1.34. The van der Waals surface area contributed by atoms with Gasteiger partial charge < -0.3 is 14.4 Å². The van der Waals surface area contributed by atoms with Crippen molar-refractivity contribution in [2.24, 2.45) is 0 Å². The van der Waals surface area contributed by atoms with E-state index in [0.717, 1.165) is 6.07 Å². The molecule has 0 aliphatic carbocycles. The van der Waals surface area contributed by atoms with E-state index in [4.69, 9.17) is 10.0 Å². The van der Waals surface area contributed by atoms with Crippen LogP contribution < -0.4 is 5.46 Å². The summed E-state index contributed by atoms with van der Waals surface area (Å²) in [6.07, 6.45) is 3.05. The van der Waals surface area contributed by atoms with Gasteiger partial charge in [0, 0.05) is 17.9 Å². The maximum atomic E-state index is 13.3. The molecule has 4 nitrogen and oxygen atoms in total. The van der Waals surface area contributed by atoms with Crippen LogP contribution in [0.2, 0.25) is 0 Å². The molecule has 2 rings (SSSR count). The molecule has 0 amide bonds. The van der Waals surface area contributed by atoms with Crippen LogP contribution in [0.15, 0.2) is 18.5 Å². The smallest absolute Gasteiger partial charge is 0.423 e. The molecular weight excluding hydrogens is 186 g/mol. The fraction of sp³-hybridized carbons (Fsp3) is 0.125. The molecule has 0 aliphatic heterocycles. The van der Waals surface area contributed by atoms with Crippen molar-refractivity contribution in [3.8, 4) is 0 Å². The number of aromatic nitrogens is 2. The van der Waals surface area contributed by atoms with E-state index in [9.17, 15) is 4.39 Å². The minimum Gasteiger partial charge on any atom is -0.423 e. The van der Waals surface area contributed by atoms with Crippen LogP contribution in [0.4, 0.5) is 4.39 Å². The number of imidazole rings is 1. The second-order valence-corrected chi connectivity index (χ2v) is 3.11. The Hall–Kier alpha value is -1.40. The molecule has 0 saturated carbocycles. The van der Waals surface area contributed by atoms with Gasteiger partial charge in [-0.2, -0.15) is 0 Å². The Balaban J connectivity index is 2.71. The monoisotopic (exact) mass is 194 g/mol. The van der Waals surface area contributed by atoms with Gasteiger partial charge in [0.15, 0.2) is 11.5 Å². The summed E-state index contributed by atoms with van der Waals surface area (Å²) in [5.41, 5.74) is 0.966. The van der Waals surface area contributed by atoms with Gasteiger partial charge in [-0.15, -0.1) is 0 Å². The zero-order valence-corrected chi connectivity index (χ0v) is 7.48. The van der Waals surface area contributed by atoms with Gasteiger partial charge in [0.2, 0.25) is 0 Å². The fourth-order valence-corrected chi connectivity index (χ4v) is 1.34. The molecule has 6 heteroatoms. The van der Waals surface area contributed by atoms with Crippen molar-refractivity contribution >= 4 is 18.2 Å². The Labute approximate surface area is 79.8 Å². The van der Waals surface area contributed by atoms with Crippen molar-refractivity contribution in [2.45, 2.75) is 6.92 Å². The summed E-state index contributed by atoms with van der Waals surface area (Å²) < 4.78 is 14.7. The highest BCUT2D eigenvalue weighted by Gasteiger charge is 2.15. The normalized spacial score (nSPS) is 10.9. The maximum absolute atomic E-state index is 13.3. The number of fused-ring (bicyclic) bond motifs is 1. The number of rotatable bonds is 1. The van der Waals surface area contributed by atoms with Gasteiger partial charge in [-0.05, 0) is 13.0 Å². The minimum atomic E-state index is -1.67. The second kappa shape index (κ2) is 3.07. The van der Waals surface area contributed by atoms with Crippen LogP contribution in [0, 0.1) is 12.7 Å². The molecular formula is C8H8BFN2O2. The van der Waals surface area contributed by atoms with Gasteiger partial charge in [0.25, 0.3) is 0 Å². The summed E-state index contributed by atoms with van der Waals surface area (Å²) in [6.45, 7) is 1.74. The van der Waals surface area contributed by atoms with Crippen molar-refractivity contribution in [2.75, 3.05) is 0 Å². The number of halogens is 1. The Morgan fingerprint density at radius 3 is 2.79 bits per heavy atom. The lowest BCUT2D eigenvalue weighted by atomic mass is 9.82. The first-order valence-corrected chi connectivity index (χ1v) is 4.09. The quantitative estimate of drug-likeness (QED) is 0.599. The number of aryl methyl sites for hydroxylation is 1. The Kier molecular flexibility index (Phi) is 2.01. The minimum absolute atomic E-state index is 0.104. The lowest BCUT2D eigenvalue weighted by Gasteiger charge is -2.01. The highest BCUT2D eigenvalue weighted by atomic mass is 19.1. The second-order valence-electron chi connectivity index (χ2n) is 3.11. The van der Waals surface area contributed by atoms with Crippen LogP contribution >= 0.6 is 0 Å². The highest BCUT2D eigenvalue weighted by molar-refractivity contribution is 6.58. The summed E-state index contributed by atoms with van der Waals surface area (Å²) in [4.78, 5) is 3.94. The molecule has 0 bridgehead atoms. The molecule has 72 valence electrons. The van der Waals surface area contributed by atoms with Crippen molar-refractivity contribution in [1.29, 1.82) is 0 Å². The van der Waals surface area contributed by atoms with E-state index in [-0.39, 0.29) is 11.1 Å². The van der Waals surface area contributed by atoms with Gasteiger partial charge >= 0.3 is 7.12 Å². The number of hydrogen-bond donors (Lipinski definition) is 2. The van der Waals surface area contributed by atoms with Crippen LogP contribution in [0.1, 0.15) is 5.69 Å². The molecule has 0 aromatic carbocycles. The van der Waals surface area contributed by atoms with Gasteiger partial charge in [-0.3, -0.25) is 0 Å². The first-order valence-electron chi connectivity index (χ1n) is 4.09. The summed E-state index contributed by atoms with van der Waals surface area (Å²) in [5, 5.41) is 17.7. The van der Waals surface area contributed by atoms with Crippen molar-refractivity contribution in [1.82, 2.24) is 9.38 Å². The average molecular weight is 194 g/mol. The summed E-state index contributed by atoms with van der Waals surface area (Å²) in [6, 6.07) is 1.06. The van der Waals surface area contributed by atoms with E-state index in [1.807, 2.05) is 0 Å². The average Bonchev–Trinajstić information content (AvgIpc) is 2.45. The molecule has 0 radical (unpaired) electrons. The van der Waals surface area contributed by atoms with Gasteiger partial charge in [-0.1, -0.05) is 0 Å². The van der Waals surface area contributed by atoms with E-state index < -0.39 is 12.9 Å². The molecule has 2 N–H and O–H groups in total. The van der Waals surface area contributed by atoms with Crippen LogP contribution in [-0.4, -0.2) is 26.6 Å². The Morgan fingerprint density at radius 1 is 1.43 bits per heavy atom. The molecule has 0 aliphatic rings. The third kappa shape index (κ3) is 1.38. The Morgan fingerprint density at radius 2 is 2.14 bits per heavy atom. The summed E-state index contributed by atoms with van der Waals surface area (Å²) in [7, 11) is -1.67. The van der Waals surface area contributed by atoms with Crippen LogP contribution in [0.3, 0.4) is 0 Å². The first-order chi connectivity index (χ1) is 6.58. The lowest BCUT2D eigenvalue weighted by Crippen LogP contribution is -2.31. The van der Waals surface area contributed by atoms with E-state index in [1.165, 1.54) is 10.6 Å². The zero-order valence-electron chi connectivity index (χ0n) is 7.48. The molecule has 0 fully saturated rings. The Bertz CT molecular complexity index is 483. The molecule has 0 atom stereocenters. The van der Waals surface area contributed by atoms with E-state index in [2.05, 4.69) is 4.98 Å². The predicted molar refractivity (Wildman–Crippen MR) is 49.7 cm³/mol. The van der Waals surface area contributed by atoms with Crippen LogP contribution in [0.25, 0.3) is 5.65 Å². The van der Waals surface area contributed by atoms with Gasteiger partial charge in [-0.25, -0.2) is 9.37 Å². The lowest BCUT2D eigenvalue weighted by molar-refractivity contribution is 0.425. The van der Waals surface area contributed by atoms with Crippen molar-refractivity contribution < 1.29 is 14.4 Å². The van der Waals surface area contributed by atoms with Crippen LogP contribution in [0.5, 0.6) is 0 Å². The number of hydrogen-bond acceptors (Lipinski definition) is 3. The molecule has 0 saturated heterocycles. The molecule has 2 aromatic rings. The third-order valence-corrected chi connectivity index (χ3v) is 1.95. The third-order valence-electron chi connectivity index (χ3n) is 1.95. The maximum Gasteiger partial charge on any atom is 0.490 e. The van der Waals surface area contributed by atoms with E-state index >= 15 is 0 Å². The van der Waals surface area contributed by atoms with E-state index in [0.29, 0.717) is 5.69 Å². The standard InChI is InChI=1S/C8H8BFN2O2/c1-5-3-12-4-6(9(13)14)2-7(10)8(12)11-5/h2-4,13-14H,1H3. The molecule has 0 spiro atoms. The topological polar surface area (TPSA) is 57.8 Å². The number of nitrogens with zero attached hydrogens (tertiary/aromatic N) is 2. The molecule has 14 heavy (non-hydrogen) atoms.